The van der Waals surface area contributed by atoms with Crippen LogP contribution in [-0.4, -0.2) is 33.6 Å². The van der Waals surface area contributed by atoms with Gasteiger partial charge in [-0.05, 0) is 62.2 Å². The molecule has 6 nitrogen and oxygen atoms in total. The van der Waals surface area contributed by atoms with Crippen molar-refractivity contribution in [2.75, 3.05) is 13.1 Å². The maximum Gasteiger partial charge on any atom is 0.274 e. The van der Waals surface area contributed by atoms with Crippen LogP contribution in [0.1, 0.15) is 24.1 Å². The number of thiazole rings is 1. The van der Waals surface area contributed by atoms with Gasteiger partial charge in [0.1, 0.15) is 17.7 Å². The molecule has 0 saturated carbocycles. The minimum atomic E-state index is -0.394. The van der Waals surface area contributed by atoms with E-state index in [1.54, 1.807) is 6.07 Å². The molecule has 0 bridgehead atoms. The van der Waals surface area contributed by atoms with Gasteiger partial charge < -0.3 is 14.5 Å². The summed E-state index contributed by atoms with van der Waals surface area (Å²) in [6.45, 7) is 3.72. The lowest BCUT2D eigenvalue weighted by Gasteiger charge is -2.22. The zero-order chi connectivity index (χ0) is 20.0. The largest absolute Gasteiger partial charge is 0.467 e. The van der Waals surface area contributed by atoms with Crippen LogP contribution in [0.3, 0.4) is 0 Å². The Morgan fingerprint density at radius 3 is 2.77 bits per heavy atom. The number of aryl methyl sites for hydroxylation is 1. The summed E-state index contributed by atoms with van der Waals surface area (Å²) < 4.78 is 23.3. The zero-order valence-electron chi connectivity index (χ0n) is 16.2. The molecule has 1 saturated heterocycles. The van der Waals surface area contributed by atoms with E-state index in [2.05, 4.69) is 21.4 Å². The fourth-order valence-electron chi connectivity index (χ4n) is 3.70. The average Bonchev–Trinajstić information content (AvgIpc) is 3.30. The summed E-state index contributed by atoms with van der Waals surface area (Å²) in [5, 5.41) is 13.3. The third kappa shape index (κ3) is 3.72. The van der Waals surface area contributed by atoms with Crippen LogP contribution < -0.4 is 10.1 Å². The fourth-order valence-corrected chi connectivity index (χ4v) is 4.64. The SMILES string of the molecule is Cc1cn2cc(-c3cc(F)c4nc(OC5CCNCC5)sc4c3)cc(C#N)c2n1.Cl. The topological polar surface area (TPSA) is 75.2 Å². The lowest BCUT2D eigenvalue weighted by atomic mass is 10.1. The van der Waals surface area contributed by atoms with Gasteiger partial charge >= 0.3 is 0 Å². The molecule has 0 aliphatic carbocycles. The summed E-state index contributed by atoms with van der Waals surface area (Å²) in [6, 6.07) is 7.29. The number of fused-ring (bicyclic) bond motifs is 2. The third-order valence-electron chi connectivity index (χ3n) is 5.11. The molecule has 4 aromatic rings. The van der Waals surface area contributed by atoms with E-state index in [0.717, 1.165) is 41.9 Å². The van der Waals surface area contributed by atoms with E-state index in [9.17, 15) is 9.65 Å². The van der Waals surface area contributed by atoms with Crippen LogP contribution in [0, 0.1) is 24.1 Å². The summed E-state index contributed by atoms with van der Waals surface area (Å²) in [5.41, 5.74) is 3.64. The van der Waals surface area contributed by atoms with E-state index < -0.39 is 5.82 Å². The van der Waals surface area contributed by atoms with Crippen molar-refractivity contribution in [3.63, 3.8) is 0 Å². The maximum absolute atomic E-state index is 14.8. The third-order valence-corrected chi connectivity index (χ3v) is 6.00. The summed E-state index contributed by atoms with van der Waals surface area (Å²) in [5.74, 6) is -0.394. The summed E-state index contributed by atoms with van der Waals surface area (Å²) in [6.07, 6.45) is 5.68. The van der Waals surface area contributed by atoms with Gasteiger partial charge in [0.2, 0.25) is 0 Å². The molecule has 3 aromatic heterocycles. The van der Waals surface area contributed by atoms with E-state index in [-0.39, 0.29) is 18.5 Å². The average molecular weight is 444 g/mol. The number of halogens is 2. The number of aromatic nitrogens is 3. The highest BCUT2D eigenvalue weighted by Crippen LogP contribution is 2.35. The first-order chi connectivity index (χ1) is 14.1. The molecule has 1 aromatic carbocycles. The van der Waals surface area contributed by atoms with E-state index >= 15 is 0 Å². The number of rotatable bonds is 3. The number of nitrogens with zero attached hydrogens (tertiary/aromatic N) is 4. The van der Waals surface area contributed by atoms with Crippen molar-refractivity contribution in [3.8, 4) is 22.4 Å². The van der Waals surface area contributed by atoms with E-state index in [4.69, 9.17) is 4.74 Å². The van der Waals surface area contributed by atoms with Gasteiger partial charge in [0.15, 0.2) is 11.5 Å². The second-order valence-corrected chi connectivity index (χ2v) is 8.21. The number of ether oxygens (including phenoxy) is 1. The summed E-state index contributed by atoms with van der Waals surface area (Å²) >= 11 is 1.35. The Labute approximate surface area is 182 Å². The Hall–Kier alpha value is -2.73. The van der Waals surface area contributed by atoms with E-state index in [1.165, 1.54) is 17.4 Å². The zero-order valence-corrected chi connectivity index (χ0v) is 17.8. The van der Waals surface area contributed by atoms with E-state index in [1.807, 2.05) is 29.8 Å². The molecular weight excluding hydrogens is 425 g/mol. The minimum absolute atomic E-state index is 0. The Balaban J connectivity index is 0.00000218. The van der Waals surface area contributed by atoms with Crippen molar-refractivity contribution in [2.24, 2.45) is 0 Å². The molecule has 0 atom stereocenters. The molecule has 0 unspecified atom stereocenters. The molecule has 1 aliphatic heterocycles. The number of hydrogen-bond acceptors (Lipinski definition) is 6. The highest BCUT2D eigenvalue weighted by molar-refractivity contribution is 7.20. The lowest BCUT2D eigenvalue weighted by molar-refractivity contribution is 0.162. The summed E-state index contributed by atoms with van der Waals surface area (Å²) in [4.78, 5) is 8.74. The first-order valence-electron chi connectivity index (χ1n) is 9.48. The normalized spacial score (nSPS) is 14.6. The second kappa shape index (κ2) is 8.19. The van der Waals surface area contributed by atoms with Crippen molar-refractivity contribution < 1.29 is 9.13 Å². The van der Waals surface area contributed by atoms with Crippen LogP contribution in [0.25, 0.3) is 27.0 Å². The van der Waals surface area contributed by atoms with Crippen molar-refractivity contribution in [2.45, 2.75) is 25.9 Å². The van der Waals surface area contributed by atoms with Gasteiger partial charge in [0.25, 0.3) is 5.19 Å². The van der Waals surface area contributed by atoms with E-state index in [0.29, 0.717) is 27.5 Å². The molecule has 1 N–H and O–H groups in total. The van der Waals surface area contributed by atoms with Gasteiger partial charge in [-0.25, -0.2) is 9.37 Å². The molecule has 0 radical (unpaired) electrons. The van der Waals surface area contributed by atoms with Crippen LogP contribution in [0.4, 0.5) is 4.39 Å². The fraction of sp³-hybridized carbons (Fsp3) is 0.286. The van der Waals surface area contributed by atoms with Gasteiger partial charge in [-0.1, -0.05) is 11.3 Å². The maximum atomic E-state index is 14.8. The summed E-state index contributed by atoms with van der Waals surface area (Å²) in [7, 11) is 0. The molecule has 5 rings (SSSR count). The molecule has 154 valence electrons. The van der Waals surface area contributed by atoms with Crippen molar-refractivity contribution in [3.05, 3.63) is 47.7 Å². The van der Waals surface area contributed by atoms with Crippen molar-refractivity contribution in [1.29, 1.82) is 5.26 Å². The monoisotopic (exact) mass is 443 g/mol. The lowest BCUT2D eigenvalue weighted by Crippen LogP contribution is -2.34. The number of hydrogen-bond donors (Lipinski definition) is 1. The van der Waals surface area contributed by atoms with Gasteiger partial charge in [-0.2, -0.15) is 10.2 Å². The molecular formula is C21H19ClFN5OS. The minimum Gasteiger partial charge on any atom is -0.467 e. The molecule has 4 heterocycles. The molecule has 9 heteroatoms. The van der Waals surface area contributed by atoms with Crippen molar-refractivity contribution in [1.82, 2.24) is 19.7 Å². The number of pyridine rings is 1. The molecule has 0 amide bonds. The van der Waals surface area contributed by atoms with Gasteiger partial charge in [0, 0.05) is 12.4 Å². The van der Waals surface area contributed by atoms with Crippen LogP contribution in [0.15, 0.2) is 30.6 Å². The molecule has 1 aliphatic rings. The first kappa shape index (κ1) is 20.5. The molecule has 1 fully saturated rings. The number of benzene rings is 1. The number of piperidine rings is 1. The Bertz CT molecular complexity index is 1270. The van der Waals surface area contributed by atoms with Gasteiger partial charge in [-0.3, -0.25) is 0 Å². The highest BCUT2D eigenvalue weighted by atomic mass is 35.5. The predicted octanol–water partition coefficient (Wildman–Crippen LogP) is 4.48. The Morgan fingerprint density at radius 2 is 2.00 bits per heavy atom. The second-order valence-electron chi connectivity index (χ2n) is 7.22. The first-order valence-corrected chi connectivity index (χ1v) is 10.3. The van der Waals surface area contributed by atoms with Crippen molar-refractivity contribution >= 4 is 39.6 Å². The quantitative estimate of drug-likeness (QED) is 0.505. The predicted molar refractivity (Wildman–Crippen MR) is 117 cm³/mol. The number of imidazole rings is 1. The van der Waals surface area contributed by atoms with Crippen LogP contribution >= 0.6 is 23.7 Å². The number of nitrogens with one attached hydrogen (secondary N) is 1. The van der Waals surface area contributed by atoms with Crippen LogP contribution in [-0.2, 0) is 0 Å². The molecule has 0 spiro atoms. The Morgan fingerprint density at radius 1 is 1.20 bits per heavy atom. The smallest absolute Gasteiger partial charge is 0.274 e. The van der Waals surface area contributed by atoms with Crippen LogP contribution in [0.5, 0.6) is 5.19 Å². The standard InChI is InChI=1S/C21H18FN5OS.ClH/c1-12-10-27-11-15(6-14(9-23)20(27)25-12)13-7-17(22)19-18(8-13)29-21(26-19)28-16-2-4-24-5-3-16;/h6-8,10-11,16,24H,2-5H2,1H3;1H. The van der Waals surface area contributed by atoms with Gasteiger partial charge in [0.05, 0.1) is 16.0 Å². The molecule has 30 heavy (non-hydrogen) atoms. The number of nitriles is 1. The Kier molecular flexibility index (Phi) is 5.60. The highest BCUT2D eigenvalue weighted by Gasteiger charge is 2.19. The van der Waals surface area contributed by atoms with Crippen LogP contribution in [0.2, 0.25) is 0 Å². The van der Waals surface area contributed by atoms with Gasteiger partial charge in [-0.15, -0.1) is 12.4 Å².